The van der Waals surface area contributed by atoms with Crippen LogP contribution in [0.15, 0.2) is 18.2 Å². The van der Waals surface area contributed by atoms with Crippen molar-refractivity contribution in [3.63, 3.8) is 0 Å². The van der Waals surface area contributed by atoms with Gasteiger partial charge in [0.1, 0.15) is 5.82 Å². The van der Waals surface area contributed by atoms with Crippen molar-refractivity contribution < 1.29 is 9.18 Å². The number of nitrogens with two attached hydrogens (primary N) is 1. The van der Waals surface area contributed by atoms with Gasteiger partial charge < -0.3 is 10.6 Å². The van der Waals surface area contributed by atoms with Gasteiger partial charge in [0.25, 0.3) is 5.91 Å². The summed E-state index contributed by atoms with van der Waals surface area (Å²) >= 11 is 0. The molecule has 1 aromatic rings. The molecule has 3 nitrogen and oxygen atoms in total. The molecule has 118 valence electrons. The highest BCUT2D eigenvalue weighted by atomic mass is 19.1. The summed E-state index contributed by atoms with van der Waals surface area (Å²) in [5.74, 6) is 0.528. The highest BCUT2D eigenvalue weighted by Crippen LogP contribution is 2.16. The van der Waals surface area contributed by atoms with Gasteiger partial charge in [-0.2, -0.15) is 0 Å². The minimum atomic E-state index is -0.484. The summed E-state index contributed by atoms with van der Waals surface area (Å²) < 4.78 is 13.2. The van der Waals surface area contributed by atoms with Crippen molar-refractivity contribution in [1.82, 2.24) is 4.90 Å². The van der Waals surface area contributed by atoms with Crippen LogP contribution >= 0.6 is 0 Å². The normalized spacial score (nSPS) is 11.2. The van der Waals surface area contributed by atoms with E-state index in [1.165, 1.54) is 18.2 Å². The van der Waals surface area contributed by atoms with Crippen molar-refractivity contribution in [1.29, 1.82) is 0 Å². The molecule has 0 aliphatic heterocycles. The minimum Gasteiger partial charge on any atom is -0.396 e. The van der Waals surface area contributed by atoms with E-state index in [2.05, 4.69) is 27.7 Å². The molecular weight excluding hydrogens is 267 g/mol. The molecule has 0 heterocycles. The number of carbonyl (C=O) groups excluding carboxylic acids is 1. The van der Waals surface area contributed by atoms with Gasteiger partial charge in [-0.3, -0.25) is 4.79 Å². The number of amides is 1. The molecule has 0 aliphatic rings. The number of nitrogens with zero attached hydrogens (tertiary/aromatic N) is 1. The van der Waals surface area contributed by atoms with Gasteiger partial charge >= 0.3 is 0 Å². The largest absolute Gasteiger partial charge is 0.396 e. The highest BCUT2D eigenvalue weighted by Gasteiger charge is 2.17. The second-order valence-electron chi connectivity index (χ2n) is 6.39. The molecule has 0 saturated heterocycles. The van der Waals surface area contributed by atoms with Crippen LogP contribution in [0, 0.1) is 17.7 Å². The lowest BCUT2D eigenvalue weighted by molar-refractivity contribution is 0.0741. The second-order valence-corrected chi connectivity index (χ2v) is 6.39. The zero-order valence-electron chi connectivity index (χ0n) is 13.5. The maximum Gasteiger partial charge on any atom is 0.253 e. The van der Waals surface area contributed by atoms with Gasteiger partial charge in [-0.05, 0) is 42.9 Å². The van der Waals surface area contributed by atoms with Crippen molar-refractivity contribution in [3.05, 3.63) is 29.6 Å². The van der Waals surface area contributed by atoms with Crippen LogP contribution in [0.4, 0.5) is 10.1 Å². The van der Waals surface area contributed by atoms with Crippen LogP contribution in [0.2, 0.25) is 0 Å². The van der Waals surface area contributed by atoms with E-state index in [1.54, 1.807) is 0 Å². The van der Waals surface area contributed by atoms with Crippen molar-refractivity contribution in [2.75, 3.05) is 18.8 Å². The summed E-state index contributed by atoms with van der Waals surface area (Å²) in [7, 11) is 0. The number of hydrogen-bond donors (Lipinski definition) is 1. The van der Waals surface area contributed by atoms with Gasteiger partial charge in [-0.15, -0.1) is 0 Å². The summed E-state index contributed by atoms with van der Waals surface area (Å²) in [6, 6.07) is 4.19. The third kappa shape index (κ3) is 5.74. The molecule has 1 aromatic carbocycles. The maximum absolute atomic E-state index is 13.2. The quantitative estimate of drug-likeness (QED) is 0.774. The van der Waals surface area contributed by atoms with Crippen LogP contribution in [-0.4, -0.2) is 23.9 Å². The molecule has 0 bridgehead atoms. The first-order valence-corrected chi connectivity index (χ1v) is 7.65. The standard InChI is InChI=1S/C17H27FN2O/c1-12(2)7-9-20(10-8-13(3)4)17(21)14-5-6-15(18)16(19)11-14/h5-6,11-13H,7-10,19H2,1-4H3. The molecule has 1 amide bonds. The fourth-order valence-corrected chi connectivity index (χ4v) is 2.00. The molecule has 0 saturated carbocycles. The molecule has 2 N–H and O–H groups in total. The average Bonchev–Trinajstić information content (AvgIpc) is 2.40. The lowest BCUT2D eigenvalue weighted by atomic mass is 10.1. The summed E-state index contributed by atoms with van der Waals surface area (Å²) in [5, 5.41) is 0. The Bertz CT molecular complexity index is 460. The van der Waals surface area contributed by atoms with Gasteiger partial charge in [0, 0.05) is 18.7 Å². The summed E-state index contributed by atoms with van der Waals surface area (Å²) in [4.78, 5) is 14.4. The highest BCUT2D eigenvalue weighted by molar-refractivity contribution is 5.95. The third-order valence-electron chi connectivity index (χ3n) is 3.48. The van der Waals surface area contributed by atoms with Crippen LogP contribution < -0.4 is 5.73 Å². The van der Waals surface area contributed by atoms with Crippen LogP contribution in [0.3, 0.4) is 0 Å². The van der Waals surface area contributed by atoms with Crippen molar-refractivity contribution in [2.45, 2.75) is 40.5 Å². The van der Waals surface area contributed by atoms with E-state index in [-0.39, 0.29) is 11.6 Å². The number of benzene rings is 1. The predicted molar refractivity (Wildman–Crippen MR) is 85.6 cm³/mol. The fraction of sp³-hybridized carbons (Fsp3) is 0.588. The average molecular weight is 294 g/mol. The lowest BCUT2D eigenvalue weighted by Gasteiger charge is -2.24. The Morgan fingerprint density at radius 3 is 2.10 bits per heavy atom. The Morgan fingerprint density at radius 1 is 1.14 bits per heavy atom. The first-order valence-electron chi connectivity index (χ1n) is 7.65. The van der Waals surface area contributed by atoms with Crippen molar-refractivity contribution in [2.24, 2.45) is 11.8 Å². The smallest absolute Gasteiger partial charge is 0.253 e. The van der Waals surface area contributed by atoms with Crippen LogP contribution in [0.1, 0.15) is 50.9 Å². The second kappa shape index (κ2) is 8.01. The van der Waals surface area contributed by atoms with Gasteiger partial charge in [0.2, 0.25) is 0 Å². The van der Waals surface area contributed by atoms with Gasteiger partial charge in [-0.1, -0.05) is 27.7 Å². The number of halogens is 1. The maximum atomic E-state index is 13.2. The van der Waals surface area contributed by atoms with E-state index < -0.39 is 5.82 Å². The zero-order chi connectivity index (χ0) is 16.0. The Kier molecular flexibility index (Phi) is 6.66. The SMILES string of the molecule is CC(C)CCN(CCC(C)C)C(=O)c1ccc(F)c(N)c1. The third-order valence-corrected chi connectivity index (χ3v) is 3.48. The first-order chi connectivity index (χ1) is 9.81. The molecule has 0 spiro atoms. The summed E-state index contributed by atoms with van der Waals surface area (Å²) in [6.45, 7) is 10.0. The van der Waals surface area contributed by atoms with E-state index in [0.717, 1.165) is 25.9 Å². The van der Waals surface area contributed by atoms with Crippen LogP contribution in [0.25, 0.3) is 0 Å². The molecule has 21 heavy (non-hydrogen) atoms. The Labute approximate surface area is 127 Å². The molecule has 0 aromatic heterocycles. The molecular formula is C17H27FN2O. The van der Waals surface area contributed by atoms with Crippen LogP contribution in [-0.2, 0) is 0 Å². The Morgan fingerprint density at radius 2 is 1.67 bits per heavy atom. The minimum absolute atomic E-state index is 0.0218. The molecule has 0 radical (unpaired) electrons. The molecule has 0 unspecified atom stereocenters. The zero-order valence-corrected chi connectivity index (χ0v) is 13.5. The monoisotopic (exact) mass is 294 g/mol. The van der Waals surface area contributed by atoms with E-state index in [9.17, 15) is 9.18 Å². The fourth-order valence-electron chi connectivity index (χ4n) is 2.00. The van der Waals surface area contributed by atoms with Crippen LogP contribution in [0.5, 0.6) is 0 Å². The van der Waals surface area contributed by atoms with Crippen molar-refractivity contribution in [3.8, 4) is 0 Å². The number of nitrogen functional groups attached to an aromatic ring is 1. The summed E-state index contributed by atoms with van der Waals surface area (Å²) in [6.07, 6.45) is 1.92. The lowest BCUT2D eigenvalue weighted by Crippen LogP contribution is -2.34. The van der Waals surface area contributed by atoms with E-state index >= 15 is 0 Å². The van der Waals surface area contributed by atoms with E-state index in [0.29, 0.717) is 17.4 Å². The Hall–Kier alpha value is -1.58. The topological polar surface area (TPSA) is 46.3 Å². The molecule has 1 rings (SSSR count). The molecule has 0 fully saturated rings. The molecule has 0 atom stereocenters. The van der Waals surface area contributed by atoms with Gasteiger partial charge in [0.05, 0.1) is 5.69 Å². The van der Waals surface area contributed by atoms with Crippen molar-refractivity contribution >= 4 is 11.6 Å². The Balaban J connectivity index is 2.83. The summed E-state index contributed by atoms with van der Waals surface area (Å²) in [5.41, 5.74) is 6.04. The van der Waals surface area contributed by atoms with Gasteiger partial charge in [0.15, 0.2) is 0 Å². The number of anilines is 1. The first kappa shape index (κ1) is 17.5. The van der Waals surface area contributed by atoms with E-state index in [4.69, 9.17) is 5.73 Å². The van der Waals surface area contributed by atoms with Gasteiger partial charge in [-0.25, -0.2) is 4.39 Å². The number of carbonyl (C=O) groups is 1. The number of rotatable bonds is 7. The molecule has 4 heteroatoms. The number of hydrogen-bond acceptors (Lipinski definition) is 2. The van der Waals surface area contributed by atoms with E-state index in [1.807, 2.05) is 4.90 Å². The molecule has 0 aliphatic carbocycles. The predicted octanol–water partition coefficient (Wildman–Crippen LogP) is 3.94.